The molecule has 1 heterocycles. The van der Waals surface area contributed by atoms with Gasteiger partial charge in [-0.2, -0.15) is 0 Å². The first-order valence-corrected chi connectivity index (χ1v) is 13.0. The molecule has 38 heavy (non-hydrogen) atoms. The van der Waals surface area contributed by atoms with Crippen LogP contribution in [-0.2, 0) is 6.54 Å². The number of alkyl halides is 1. The van der Waals surface area contributed by atoms with Crippen LogP contribution in [0.4, 0.5) is 4.39 Å². The number of nitrogens with two attached hydrogens (primary N) is 1. The predicted octanol–water partition coefficient (Wildman–Crippen LogP) is 5.54. The van der Waals surface area contributed by atoms with E-state index in [1.165, 1.54) is 4.90 Å². The summed E-state index contributed by atoms with van der Waals surface area (Å²) < 4.78 is 16.5. The van der Waals surface area contributed by atoms with E-state index < -0.39 is 12.2 Å². The van der Waals surface area contributed by atoms with Crippen LogP contribution in [0.15, 0.2) is 77.6 Å². The molecule has 0 bridgehead atoms. The largest absolute Gasteiger partial charge is 0.328 e. The van der Waals surface area contributed by atoms with Crippen LogP contribution in [0.25, 0.3) is 10.9 Å². The van der Waals surface area contributed by atoms with Crippen LogP contribution in [0.2, 0.25) is 5.02 Å². The number of hydrogen-bond acceptors (Lipinski definition) is 4. The second-order valence-corrected chi connectivity index (χ2v) is 10.3. The molecule has 0 fully saturated rings. The highest BCUT2D eigenvalue weighted by Crippen LogP contribution is 2.31. The molecule has 4 rings (SSSR count). The molecule has 8 heteroatoms. The Kier molecular flexibility index (Phi) is 8.59. The molecule has 4 aromatic rings. The molecule has 0 spiro atoms. The van der Waals surface area contributed by atoms with E-state index in [9.17, 15) is 14.0 Å². The average molecular weight is 535 g/mol. The lowest BCUT2D eigenvalue weighted by molar-refractivity contribution is 0.0534. The van der Waals surface area contributed by atoms with Gasteiger partial charge in [0.05, 0.1) is 30.0 Å². The Morgan fingerprint density at radius 1 is 1.08 bits per heavy atom. The molecule has 1 aromatic heterocycles. The summed E-state index contributed by atoms with van der Waals surface area (Å²) in [5, 5.41) is 0.857. The lowest BCUT2D eigenvalue weighted by atomic mass is 9.98. The minimum absolute atomic E-state index is 0.208. The Labute approximate surface area is 226 Å². The maximum Gasteiger partial charge on any atom is 0.261 e. The van der Waals surface area contributed by atoms with Crippen LogP contribution in [0.1, 0.15) is 47.2 Å². The quantitative estimate of drug-likeness (QED) is 0.305. The number of carbonyl (C=O) groups is 1. The highest BCUT2D eigenvalue weighted by molar-refractivity contribution is 6.31. The molecule has 1 amide bonds. The summed E-state index contributed by atoms with van der Waals surface area (Å²) in [5.74, 6) is -0.195. The number of aryl methyl sites for hydroxylation is 1. The van der Waals surface area contributed by atoms with Crippen molar-refractivity contribution >= 4 is 28.4 Å². The summed E-state index contributed by atoms with van der Waals surface area (Å²) in [4.78, 5) is 34.1. The fraction of sp³-hybridized carbons (Fsp3) is 0.300. The maximum absolute atomic E-state index is 14.9. The van der Waals surface area contributed by atoms with Crippen molar-refractivity contribution in [2.45, 2.75) is 39.5 Å². The first kappa shape index (κ1) is 27.5. The van der Waals surface area contributed by atoms with Gasteiger partial charge in [-0.25, -0.2) is 9.37 Å². The highest BCUT2D eigenvalue weighted by Gasteiger charge is 2.34. The van der Waals surface area contributed by atoms with Gasteiger partial charge in [0.2, 0.25) is 0 Å². The Hall–Kier alpha value is -3.55. The Balaban J connectivity index is 1.95. The molecule has 0 unspecified atom stereocenters. The maximum atomic E-state index is 14.9. The number of hydrogen-bond donors (Lipinski definition) is 1. The third kappa shape index (κ3) is 5.95. The minimum atomic E-state index is -1.45. The van der Waals surface area contributed by atoms with Crippen LogP contribution in [0.3, 0.4) is 0 Å². The molecule has 0 saturated heterocycles. The molecule has 2 atom stereocenters. The van der Waals surface area contributed by atoms with Crippen molar-refractivity contribution in [3.05, 3.63) is 111 Å². The second-order valence-electron chi connectivity index (χ2n) is 9.85. The molecule has 0 aliphatic carbocycles. The van der Waals surface area contributed by atoms with Crippen molar-refractivity contribution in [1.82, 2.24) is 14.5 Å². The topological polar surface area (TPSA) is 81.2 Å². The number of rotatable bonds is 9. The number of amides is 1. The van der Waals surface area contributed by atoms with Gasteiger partial charge in [0.25, 0.3) is 11.5 Å². The summed E-state index contributed by atoms with van der Waals surface area (Å²) >= 11 is 6.25. The first-order valence-electron chi connectivity index (χ1n) is 12.6. The third-order valence-electron chi connectivity index (χ3n) is 6.57. The van der Waals surface area contributed by atoms with E-state index in [4.69, 9.17) is 22.3 Å². The van der Waals surface area contributed by atoms with E-state index >= 15 is 0 Å². The van der Waals surface area contributed by atoms with Crippen molar-refractivity contribution < 1.29 is 9.18 Å². The number of carbonyl (C=O) groups excluding carboxylic acids is 1. The molecule has 0 aliphatic heterocycles. The van der Waals surface area contributed by atoms with E-state index in [1.54, 1.807) is 34.9 Å². The molecule has 0 saturated carbocycles. The number of fused-ring (bicyclic) bond motifs is 1. The number of benzene rings is 3. The molecular weight excluding hydrogens is 503 g/mol. The summed E-state index contributed by atoms with van der Waals surface area (Å²) in [6.45, 7) is 5.56. The SMILES string of the molecule is Cc1ccc(C(=O)N(C[C@H](F)CN)[C@H](c2nc3cc(Cl)ccc3c(=O)n2Cc2ccccc2)C(C)C)cc1. The average Bonchev–Trinajstić information content (AvgIpc) is 2.90. The van der Waals surface area contributed by atoms with Crippen molar-refractivity contribution in [1.29, 1.82) is 0 Å². The van der Waals surface area contributed by atoms with Crippen molar-refractivity contribution in [2.75, 3.05) is 13.1 Å². The molecular formula is C30H32ClFN4O2. The Bertz CT molecular complexity index is 1470. The van der Waals surface area contributed by atoms with E-state index in [0.717, 1.165) is 11.1 Å². The van der Waals surface area contributed by atoms with E-state index in [-0.39, 0.29) is 37.0 Å². The standard InChI is InChI=1S/C30H32ClFN4O2/c1-19(2)27(35(18-24(32)16-33)29(37)22-11-9-20(3)10-12-22)28-34-26-15-23(31)13-14-25(26)30(38)36(28)17-21-7-5-4-6-8-21/h4-15,19,24,27H,16-18,33H2,1-3H3/t24-,27+/m1/s1. The smallest absolute Gasteiger partial charge is 0.261 e. The van der Waals surface area contributed by atoms with Gasteiger partial charge in [-0.3, -0.25) is 14.2 Å². The van der Waals surface area contributed by atoms with Crippen LogP contribution >= 0.6 is 11.6 Å². The molecule has 2 N–H and O–H groups in total. The van der Waals surface area contributed by atoms with E-state index in [1.807, 2.05) is 63.2 Å². The zero-order chi connectivity index (χ0) is 27.4. The van der Waals surface area contributed by atoms with E-state index in [0.29, 0.717) is 27.3 Å². The summed E-state index contributed by atoms with van der Waals surface area (Å²) in [5.41, 5.74) is 8.13. The lowest BCUT2D eigenvalue weighted by Gasteiger charge is -2.36. The third-order valence-corrected chi connectivity index (χ3v) is 6.81. The van der Waals surface area contributed by atoms with Crippen LogP contribution in [0, 0.1) is 12.8 Å². The Morgan fingerprint density at radius 3 is 2.39 bits per heavy atom. The van der Waals surface area contributed by atoms with Gasteiger partial charge in [0.1, 0.15) is 12.0 Å². The number of nitrogens with zero attached hydrogens (tertiary/aromatic N) is 3. The minimum Gasteiger partial charge on any atom is -0.328 e. The van der Waals surface area contributed by atoms with E-state index in [2.05, 4.69) is 0 Å². The number of halogens is 2. The van der Waals surface area contributed by atoms with Gasteiger partial charge < -0.3 is 10.6 Å². The van der Waals surface area contributed by atoms with Crippen molar-refractivity contribution in [3.8, 4) is 0 Å². The van der Waals surface area contributed by atoms with Gasteiger partial charge in [-0.15, -0.1) is 0 Å². The highest BCUT2D eigenvalue weighted by atomic mass is 35.5. The molecule has 0 aliphatic rings. The zero-order valence-electron chi connectivity index (χ0n) is 21.8. The van der Waals surface area contributed by atoms with Crippen LogP contribution in [-0.4, -0.2) is 39.6 Å². The summed E-state index contributed by atoms with van der Waals surface area (Å²) in [6, 6.07) is 20.9. The molecule has 6 nitrogen and oxygen atoms in total. The van der Waals surface area contributed by atoms with Crippen LogP contribution in [0.5, 0.6) is 0 Å². The second kappa shape index (κ2) is 11.9. The van der Waals surface area contributed by atoms with Crippen molar-refractivity contribution in [3.63, 3.8) is 0 Å². The molecule has 0 radical (unpaired) electrons. The normalized spacial score (nSPS) is 13.0. The first-order chi connectivity index (χ1) is 18.2. The summed E-state index contributed by atoms with van der Waals surface area (Å²) in [6.07, 6.45) is -1.45. The molecule has 3 aromatic carbocycles. The van der Waals surface area contributed by atoms with Crippen LogP contribution < -0.4 is 11.3 Å². The fourth-order valence-corrected chi connectivity index (χ4v) is 4.79. The fourth-order valence-electron chi connectivity index (χ4n) is 4.63. The van der Waals surface area contributed by atoms with Gasteiger partial charge in [0.15, 0.2) is 0 Å². The summed E-state index contributed by atoms with van der Waals surface area (Å²) in [7, 11) is 0. The van der Waals surface area contributed by atoms with Gasteiger partial charge in [0, 0.05) is 17.1 Å². The molecule has 198 valence electrons. The van der Waals surface area contributed by atoms with Crippen molar-refractivity contribution in [2.24, 2.45) is 11.7 Å². The van der Waals surface area contributed by atoms with Gasteiger partial charge in [-0.1, -0.05) is 73.5 Å². The lowest BCUT2D eigenvalue weighted by Crippen LogP contribution is -2.45. The zero-order valence-corrected chi connectivity index (χ0v) is 22.5. The Morgan fingerprint density at radius 2 is 1.76 bits per heavy atom. The van der Waals surface area contributed by atoms with Gasteiger partial charge in [-0.05, 0) is 48.7 Å². The predicted molar refractivity (Wildman–Crippen MR) is 150 cm³/mol. The number of aromatic nitrogens is 2. The van der Waals surface area contributed by atoms with Gasteiger partial charge >= 0.3 is 0 Å². The monoisotopic (exact) mass is 534 g/mol.